The second kappa shape index (κ2) is 6.73. The number of rotatable bonds is 5. The van der Waals surface area contributed by atoms with Crippen LogP contribution in [0.4, 0.5) is 0 Å². The lowest BCUT2D eigenvalue weighted by atomic mass is 9.68. The molecule has 5 heteroatoms. The van der Waals surface area contributed by atoms with Crippen molar-refractivity contribution in [2.45, 2.75) is 33.1 Å². The van der Waals surface area contributed by atoms with E-state index in [0.717, 1.165) is 5.56 Å². The third-order valence-electron chi connectivity index (χ3n) is 3.94. The number of aryl methyl sites for hydroxylation is 1. The molecule has 0 saturated heterocycles. The van der Waals surface area contributed by atoms with Gasteiger partial charge in [-0.2, -0.15) is 0 Å². The molecule has 1 aliphatic carbocycles. The van der Waals surface area contributed by atoms with Gasteiger partial charge in [0, 0.05) is 5.56 Å². The number of ketones is 1. The van der Waals surface area contributed by atoms with E-state index in [1.807, 2.05) is 12.1 Å². The van der Waals surface area contributed by atoms with Crippen LogP contribution in [-0.2, 0) is 25.5 Å². The van der Waals surface area contributed by atoms with Crippen LogP contribution in [0.3, 0.4) is 0 Å². The highest BCUT2D eigenvalue weighted by molar-refractivity contribution is 6.15. The molecule has 1 aromatic rings. The minimum Gasteiger partial charge on any atom is -0.466 e. The molecule has 0 bridgehead atoms. The summed E-state index contributed by atoms with van der Waals surface area (Å²) in [5.74, 6) is -1.54. The van der Waals surface area contributed by atoms with Gasteiger partial charge in [-0.05, 0) is 32.3 Å². The van der Waals surface area contributed by atoms with E-state index >= 15 is 0 Å². The number of ether oxygens (including phenoxy) is 2. The predicted octanol–water partition coefficient (Wildman–Crippen LogP) is 2.32. The van der Waals surface area contributed by atoms with Gasteiger partial charge in [-0.3, -0.25) is 14.4 Å². The Morgan fingerprint density at radius 3 is 2.50 bits per heavy atom. The summed E-state index contributed by atoms with van der Waals surface area (Å²) in [6, 6.07) is 7.17. The first-order valence-corrected chi connectivity index (χ1v) is 7.50. The van der Waals surface area contributed by atoms with Gasteiger partial charge in [-0.15, -0.1) is 0 Å². The summed E-state index contributed by atoms with van der Waals surface area (Å²) in [5, 5.41) is 0. The van der Waals surface area contributed by atoms with E-state index in [1.165, 1.54) is 0 Å². The van der Waals surface area contributed by atoms with Crippen LogP contribution >= 0.6 is 0 Å². The SMILES string of the molecule is CCOC(=O)CC1(C(=O)OCC)CCc2ccccc2C1=O. The molecule has 5 nitrogen and oxygen atoms in total. The summed E-state index contributed by atoms with van der Waals surface area (Å²) in [5.41, 5.74) is -0.0706. The standard InChI is InChI=1S/C17H20O5/c1-3-21-14(18)11-17(16(20)22-4-2)10-9-12-7-5-6-8-13(12)15(17)19/h5-8H,3-4,9-11H2,1-2H3. The van der Waals surface area contributed by atoms with Gasteiger partial charge in [0.25, 0.3) is 0 Å². The molecule has 0 amide bonds. The minimum atomic E-state index is -1.46. The molecule has 1 unspecified atom stereocenters. The summed E-state index contributed by atoms with van der Waals surface area (Å²) in [4.78, 5) is 37.2. The molecule has 2 rings (SSSR count). The van der Waals surface area contributed by atoms with Crippen molar-refractivity contribution in [3.8, 4) is 0 Å². The van der Waals surface area contributed by atoms with E-state index in [4.69, 9.17) is 9.47 Å². The van der Waals surface area contributed by atoms with Crippen LogP contribution in [0.2, 0.25) is 0 Å². The average Bonchev–Trinajstić information content (AvgIpc) is 2.51. The number of Topliss-reactive ketones (excluding diaryl/α,β-unsaturated/α-hetero) is 1. The van der Waals surface area contributed by atoms with Crippen molar-refractivity contribution >= 4 is 17.7 Å². The lowest BCUT2D eigenvalue weighted by molar-refractivity contribution is -0.159. The van der Waals surface area contributed by atoms with Gasteiger partial charge in [-0.25, -0.2) is 0 Å². The molecule has 1 aliphatic rings. The van der Waals surface area contributed by atoms with Gasteiger partial charge < -0.3 is 9.47 Å². The molecule has 1 aromatic carbocycles. The number of carbonyl (C=O) groups is 3. The topological polar surface area (TPSA) is 69.7 Å². The van der Waals surface area contributed by atoms with Crippen molar-refractivity contribution in [2.75, 3.05) is 13.2 Å². The van der Waals surface area contributed by atoms with Crippen molar-refractivity contribution < 1.29 is 23.9 Å². The third kappa shape index (κ3) is 2.89. The third-order valence-corrected chi connectivity index (χ3v) is 3.94. The Bertz CT molecular complexity index is 592. The maximum atomic E-state index is 12.9. The molecule has 22 heavy (non-hydrogen) atoms. The molecule has 0 saturated carbocycles. The van der Waals surface area contributed by atoms with Crippen molar-refractivity contribution in [3.05, 3.63) is 35.4 Å². The Morgan fingerprint density at radius 2 is 1.82 bits per heavy atom. The molecule has 0 heterocycles. The fraction of sp³-hybridized carbons (Fsp3) is 0.471. The normalized spacial score (nSPS) is 20.2. The second-order valence-electron chi connectivity index (χ2n) is 5.27. The van der Waals surface area contributed by atoms with Gasteiger partial charge in [0.2, 0.25) is 0 Å². The van der Waals surface area contributed by atoms with Crippen LogP contribution in [0.1, 0.15) is 42.6 Å². The number of carbonyl (C=O) groups excluding carboxylic acids is 3. The van der Waals surface area contributed by atoms with E-state index in [2.05, 4.69) is 0 Å². The first kappa shape index (κ1) is 16.2. The largest absolute Gasteiger partial charge is 0.466 e. The molecular formula is C17H20O5. The Morgan fingerprint density at radius 1 is 1.14 bits per heavy atom. The zero-order valence-corrected chi connectivity index (χ0v) is 12.9. The van der Waals surface area contributed by atoms with E-state index in [1.54, 1.807) is 26.0 Å². The molecular weight excluding hydrogens is 284 g/mol. The lowest BCUT2D eigenvalue weighted by Crippen LogP contribution is -2.46. The first-order chi connectivity index (χ1) is 10.5. The highest BCUT2D eigenvalue weighted by Gasteiger charge is 2.51. The molecule has 0 N–H and O–H groups in total. The molecule has 0 aliphatic heterocycles. The predicted molar refractivity (Wildman–Crippen MR) is 79.4 cm³/mol. The van der Waals surface area contributed by atoms with Crippen LogP contribution < -0.4 is 0 Å². The Balaban J connectivity index is 2.40. The summed E-state index contributed by atoms with van der Waals surface area (Å²) < 4.78 is 10.0. The van der Waals surface area contributed by atoms with Crippen molar-refractivity contribution in [1.82, 2.24) is 0 Å². The summed E-state index contributed by atoms with van der Waals surface area (Å²) in [6.45, 7) is 3.74. The van der Waals surface area contributed by atoms with Gasteiger partial charge >= 0.3 is 11.9 Å². The van der Waals surface area contributed by atoms with Gasteiger partial charge in [0.05, 0.1) is 19.6 Å². The van der Waals surface area contributed by atoms with Crippen molar-refractivity contribution in [2.24, 2.45) is 5.41 Å². The molecule has 1 atom stereocenters. The molecule has 118 valence electrons. The van der Waals surface area contributed by atoms with Crippen molar-refractivity contribution in [1.29, 1.82) is 0 Å². The average molecular weight is 304 g/mol. The highest BCUT2D eigenvalue weighted by Crippen LogP contribution is 2.39. The quantitative estimate of drug-likeness (QED) is 0.617. The zero-order valence-electron chi connectivity index (χ0n) is 12.9. The summed E-state index contributed by atoms with van der Waals surface area (Å²) in [6.07, 6.45) is 0.549. The van der Waals surface area contributed by atoms with Crippen LogP contribution in [0.5, 0.6) is 0 Å². The smallest absolute Gasteiger partial charge is 0.320 e. The summed E-state index contributed by atoms with van der Waals surface area (Å²) in [7, 11) is 0. The second-order valence-corrected chi connectivity index (χ2v) is 5.27. The fourth-order valence-electron chi connectivity index (χ4n) is 2.84. The Labute approximate surface area is 129 Å². The van der Waals surface area contributed by atoms with Gasteiger partial charge in [0.1, 0.15) is 5.41 Å². The first-order valence-electron chi connectivity index (χ1n) is 7.50. The molecule has 0 spiro atoms. The zero-order chi connectivity index (χ0) is 16.2. The number of benzene rings is 1. The van der Waals surface area contributed by atoms with E-state index < -0.39 is 17.4 Å². The molecule has 0 radical (unpaired) electrons. The van der Waals surface area contributed by atoms with Crippen LogP contribution in [-0.4, -0.2) is 30.9 Å². The van der Waals surface area contributed by atoms with Gasteiger partial charge in [0.15, 0.2) is 5.78 Å². The minimum absolute atomic E-state index is 0.165. The Hall–Kier alpha value is -2.17. The lowest BCUT2D eigenvalue weighted by Gasteiger charge is -2.33. The van der Waals surface area contributed by atoms with E-state index in [0.29, 0.717) is 12.0 Å². The van der Waals surface area contributed by atoms with Crippen LogP contribution in [0.25, 0.3) is 0 Å². The number of hydrogen-bond acceptors (Lipinski definition) is 5. The van der Waals surface area contributed by atoms with Crippen LogP contribution in [0.15, 0.2) is 24.3 Å². The maximum Gasteiger partial charge on any atom is 0.320 e. The van der Waals surface area contributed by atoms with E-state index in [9.17, 15) is 14.4 Å². The Kier molecular flexibility index (Phi) is 4.96. The van der Waals surface area contributed by atoms with Crippen molar-refractivity contribution in [3.63, 3.8) is 0 Å². The molecule has 0 aromatic heterocycles. The maximum absolute atomic E-state index is 12.9. The number of hydrogen-bond donors (Lipinski definition) is 0. The van der Waals surface area contributed by atoms with Gasteiger partial charge in [-0.1, -0.05) is 24.3 Å². The number of esters is 2. The fourth-order valence-corrected chi connectivity index (χ4v) is 2.84. The summed E-state index contributed by atoms with van der Waals surface area (Å²) >= 11 is 0. The number of fused-ring (bicyclic) bond motifs is 1. The molecule has 0 fully saturated rings. The van der Waals surface area contributed by atoms with E-state index in [-0.39, 0.29) is 31.8 Å². The van der Waals surface area contributed by atoms with Crippen LogP contribution in [0, 0.1) is 5.41 Å². The monoisotopic (exact) mass is 304 g/mol. The highest BCUT2D eigenvalue weighted by atomic mass is 16.5.